The van der Waals surface area contributed by atoms with Crippen molar-refractivity contribution >= 4 is 0 Å². The first-order valence-electron chi connectivity index (χ1n) is 11.1. The zero-order valence-corrected chi connectivity index (χ0v) is 17.8. The van der Waals surface area contributed by atoms with Gasteiger partial charge in [-0.15, -0.1) is 0 Å². The number of nitrogens with zero attached hydrogens (tertiary/aromatic N) is 2. The first-order chi connectivity index (χ1) is 15.3. The van der Waals surface area contributed by atoms with Crippen molar-refractivity contribution in [1.82, 2.24) is 9.88 Å². The molecule has 0 fully saturated rings. The topological polar surface area (TPSA) is 60.6 Å². The largest absolute Gasteiger partial charge is 0.486 e. The Balaban J connectivity index is 1.45. The van der Waals surface area contributed by atoms with Gasteiger partial charge in [-0.1, -0.05) is 36.4 Å². The van der Waals surface area contributed by atoms with Crippen LogP contribution in [0.2, 0.25) is 0 Å². The predicted octanol–water partition coefficient (Wildman–Crippen LogP) is 4.39. The molecule has 1 aliphatic heterocycles. The monoisotopic (exact) mass is 415 g/mol. The van der Waals surface area contributed by atoms with Crippen LogP contribution >= 0.6 is 0 Å². The fourth-order valence-corrected chi connectivity index (χ4v) is 4.65. The van der Waals surface area contributed by atoms with Gasteiger partial charge in [0.05, 0.1) is 11.7 Å². The number of nitrogens with two attached hydrogens (primary N) is 1. The Labute approximate surface area is 183 Å². The van der Waals surface area contributed by atoms with Crippen LogP contribution in [-0.4, -0.2) is 23.1 Å². The highest BCUT2D eigenvalue weighted by Gasteiger charge is 2.27. The summed E-state index contributed by atoms with van der Waals surface area (Å²) in [7, 11) is 0. The molecule has 160 valence electrons. The Morgan fingerprint density at radius 3 is 2.48 bits per heavy atom. The van der Waals surface area contributed by atoms with E-state index in [1.54, 1.807) is 0 Å². The third-order valence-electron chi connectivity index (χ3n) is 6.24. The maximum absolute atomic E-state index is 5.82. The number of aromatic nitrogens is 1. The number of pyridine rings is 1. The van der Waals surface area contributed by atoms with Crippen molar-refractivity contribution in [1.29, 1.82) is 0 Å². The lowest BCUT2D eigenvalue weighted by molar-refractivity contribution is 0.154. The van der Waals surface area contributed by atoms with E-state index in [-0.39, 0.29) is 0 Å². The first kappa shape index (κ1) is 20.0. The van der Waals surface area contributed by atoms with Gasteiger partial charge >= 0.3 is 0 Å². The van der Waals surface area contributed by atoms with Gasteiger partial charge in [0, 0.05) is 25.8 Å². The van der Waals surface area contributed by atoms with Crippen molar-refractivity contribution in [3.63, 3.8) is 0 Å². The van der Waals surface area contributed by atoms with E-state index < -0.39 is 0 Å². The summed E-state index contributed by atoms with van der Waals surface area (Å²) in [6.07, 6.45) is 5.35. The summed E-state index contributed by atoms with van der Waals surface area (Å²) in [5, 5.41) is 0. The third kappa shape index (κ3) is 4.43. The molecule has 1 unspecified atom stereocenters. The minimum absolute atomic E-state index is 0.298. The summed E-state index contributed by atoms with van der Waals surface area (Å²) in [6.45, 7) is 3.48. The van der Waals surface area contributed by atoms with Gasteiger partial charge < -0.3 is 15.2 Å². The van der Waals surface area contributed by atoms with Gasteiger partial charge in [-0.2, -0.15) is 0 Å². The minimum atomic E-state index is 0.298. The second-order valence-corrected chi connectivity index (χ2v) is 8.36. The Morgan fingerprint density at radius 1 is 0.903 bits per heavy atom. The highest BCUT2D eigenvalue weighted by atomic mass is 16.6. The van der Waals surface area contributed by atoms with Gasteiger partial charge in [-0.3, -0.25) is 9.88 Å². The second kappa shape index (κ2) is 9.08. The smallest absolute Gasteiger partial charge is 0.161 e. The molecule has 1 aromatic heterocycles. The van der Waals surface area contributed by atoms with Gasteiger partial charge in [-0.05, 0) is 59.7 Å². The van der Waals surface area contributed by atoms with Crippen molar-refractivity contribution in [2.75, 3.05) is 13.2 Å². The highest BCUT2D eigenvalue weighted by Crippen LogP contribution is 2.36. The normalized spacial score (nSPS) is 17.4. The Bertz CT molecular complexity index is 1040. The maximum Gasteiger partial charge on any atom is 0.161 e. The number of fused-ring (bicyclic) bond motifs is 2. The van der Waals surface area contributed by atoms with Crippen LogP contribution in [0, 0.1) is 0 Å². The maximum atomic E-state index is 5.82. The molecule has 5 heteroatoms. The lowest BCUT2D eigenvalue weighted by Gasteiger charge is -2.35. The molecule has 1 atom stereocenters. The standard InChI is InChI=1S/C26H29N3O2/c27-16-19-6-8-20(9-7-19)17-29(23-5-1-3-22-4-2-12-28-26(22)23)18-21-10-11-24-25(15-21)31-14-13-30-24/h2,4,6-12,15,23H,1,3,5,13-14,16-18,27H2. The molecule has 0 bridgehead atoms. The zero-order valence-electron chi connectivity index (χ0n) is 17.8. The molecule has 2 heterocycles. The van der Waals surface area contributed by atoms with Gasteiger partial charge in [0.1, 0.15) is 13.2 Å². The summed E-state index contributed by atoms with van der Waals surface area (Å²) < 4.78 is 11.5. The van der Waals surface area contributed by atoms with Crippen molar-refractivity contribution in [3.8, 4) is 11.5 Å². The number of aryl methyl sites for hydroxylation is 1. The number of rotatable bonds is 6. The molecule has 0 amide bonds. The molecule has 5 nitrogen and oxygen atoms in total. The van der Waals surface area contributed by atoms with Gasteiger partial charge in [0.25, 0.3) is 0 Å². The van der Waals surface area contributed by atoms with E-state index in [1.165, 1.54) is 28.8 Å². The number of hydrogen-bond acceptors (Lipinski definition) is 5. The lowest BCUT2D eigenvalue weighted by atomic mass is 9.90. The summed E-state index contributed by atoms with van der Waals surface area (Å²) in [5.41, 5.74) is 12.1. The van der Waals surface area contributed by atoms with Crippen LogP contribution in [0.3, 0.4) is 0 Å². The van der Waals surface area contributed by atoms with Crippen molar-refractivity contribution in [2.24, 2.45) is 5.73 Å². The number of ether oxygens (including phenoxy) is 2. The van der Waals surface area contributed by atoms with E-state index in [0.717, 1.165) is 43.0 Å². The summed E-state index contributed by atoms with van der Waals surface area (Å²) in [4.78, 5) is 7.35. The predicted molar refractivity (Wildman–Crippen MR) is 121 cm³/mol. The fraction of sp³-hybridized carbons (Fsp3) is 0.346. The second-order valence-electron chi connectivity index (χ2n) is 8.36. The minimum Gasteiger partial charge on any atom is -0.486 e. The summed E-state index contributed by atoms with van der Waals surface area (Å²) >= 11 is 0. The van der Waals surface area contributed by atoms with Gasteiger partial charge in [0.2, 0.25) is 0 Å². The molecule has 0 radical (unpaired) electrons. The fourth-order valence-electron chi connectivity index (χ4n) is 4.65. The first-order valence-corrected chi connectivity index (χ1v) is 11.1. The average Bonchev–Trinajstić information content (AvgIpc) is 2.83. The van der Waals surface area contributed by atoms with Crippen LogP contribution in [0.4, 0.5) is 0 Å². The molecule has 3 aromatic rings. The van der Waals surface area contributed by atoms with E-state index in [9.17, 15) is 0 Å². The lowest BCUT2D eigenvalue weighted by Crippen LogP contribution is -2.31. The van der Waals surface area contributed by atoms with Crippen LogP contribution < -0.4 is 15.2 Å². The molecule has 5 rings (SSSR count). The molecule has 2 aliphatic rings. The molecule has 31 heavy (non-hydrogen) atoms. The number of hydrogen-bond donors (Lipinski definition) is 1. The van der Waals surface area contributed by atoms with Crippen molar-refractivity contribution in [2.45, 2.75) is 44.9 Å². The Hall–Kier alpha value is -2.89. The van der Waals surface area contributed by atoms with Gasteiger partial charge in [0.15, 0.2) is 11.5 Å². The zero-order chi connectivity index (χ0) is 21.0. The Kier molecular flexibility index (Phi) is 5.87. The molecule has 0 saturated heterocycles. The molecular formula is C26H29N3O2. The van der Waals surface area contributed by atoms with E-state index in [4.69, 9.17) is 20.2 Å². The molecule has 1 aliphatic carbocycles. The Morgan fingerprint density at radius 2 is 1.65 bits per heavy atom. The van der Waals surface area contributed by atoms with Crippen LogP contribution in [0.25, 0.3) is 0 Å². The number of benzene rings is 2. The molecule has 0 saturated carbocycles. The SMILES string of the molecule is NCc1ccc(CN(Cc2ccc3c(c2)OCCO3)C2CCCc3cccnc32)cc1. The van der Waals surface area contributed by atoms with Crippen LogP contribution in [0.1, 0.15) is 46.8 Å². The summed E-state index contributed by atoms with van der Waals surface area (Å²) in [5.74, 6) is 1.68. The van der Waals surface area contributed by atoms with E-state index in [1.807, 2.05) is 12.3 Å². The highest BCUT2D eigenvalue weighted by molar-refractivity contribution is 5.44. The van der Waals surface area contributed by atoms with Crippen molar-refractivity contribution in [3.05, 3.63) is 88.7 Å². The van der Waals surface area contributed by atoms with E-state index in [2.05, 4.69) is 53.4 Å². The molecule has 2 N–H and O–H groups in total. The van der Waals surface area contributed by atoms with Crippen LogP contribution in [-0.2, 0) is 26.1 Å². The molecule has 2 aromatic carbocycles. The quantitative estimate of drug-likeness (QED) is 0.647. The van der Waals surface area contributed by atoms with E-state index in [0.29, 0.717) is 25.8 Å². The third-order valence-corrected chi connectivity index (χ3v) is 6.24. The van der Waals surface area contributed by atoms with Gasteiger partial charge in [-0.25, -0.2) is 0 Å². The van der Waals surface area contributed by atoms with E-state index >= 15 is 0 Å². The molecule has 0 spiro atoms. The van der Waals surface area contributed by atoms with Crippen LogP contribution in [0.15, 0.2) is 60.8 Å². The van der Waals surface area contributed by atoms with Crippen LogP contribution in [0.5, 0.6) is 11.5 Å². The average molecular weight is 416 g/mol. The van der Waals surface area contributed by atoms with Crippen molar-refractivity contribution < 1.29 is 9.47 Å². The summed E-state index contributed by atoms with van der Waals surface area (Å²) in [6, 6.07) is 19.5. The molecular weight excluding hydrogens is 386 g/mol.